The minimum atomic E-state index is -1.98. The molecule has 7 heteroatoms. The first-order chi connectivity index (χ1) is 13.4. The molecule has 2 aromatic carbocycles. The van der Waals surface area contributed by atoms with Gasteiger partial charge in [-0.3, -0.25) is 4.79 Å². The summed E-state index contributed by atoms with van der Waals surface area (Å²) < 4.78 is 5.41. The molecule has 0 radical (unpaired) electrons. The number of carbonyl (C=O) groups is 1. The lowest BCUT2D eigenvalue weighted by Crippen LogP contribution is -2.45. The Balaban J connectivity index is 2.09. The Labute approximate surface area is 163 Å². The van der Waals surface area contributed by atoms with Crippen LogP contribution in [0.15, 0.2) is 48.5 Å². The van der Waals surface area contributed by atoms with Gasteiger partial charge in [0.2, 0.25) is 0 Å². The molecule has 0 bridgehead atoms. The highest BCUT2D eigenvalue weighted by molar-refractivity contribution is 5.84. The van der Waals surface area contributed by atoms with Crippen LogP contribution in [0.1, 0.15) is 29.7 Å². The number of rotatable bonds is 10. The van der Waals surface area contributed by atoms with E-state index < -0.39 is 36.8 Å². The van der Waals surface area contributed by atoms with Crippen molar-refractivity contribution in [2.24, 2.45) is 0 Å². The van der Waals surface area contributed by atoms with Crippen LogP contribution in [-0.4, -0.2) is 62.8 Å². The lowest BCUT2D eigenvalue weighted by molar-refractivity contribution is -0.147. The number of ether oxygens (including phenoxy) is 1. The van der Waals surface area contributed by atoms with Gasteiger partial charge in [-0.05, 0) is 42.2 Å². The highest BCUT2D eigenvalue weighted by Crippen LogP contribution is 2.23. The van der Waals surface area contributed by atoms with Crippen molar-refractivity contribution in [1.29, 1.82) is 0 Å². The summed E-state index contributed by atoms with van der Waals surface area (Å²) in [5.41, 5.74) is 2.23. The second kappa shape index (κ2) is 10.3. The van der Waals surface area contributed by atoms with E-state index in [1.54, 1.807) is 18.2 Å². The van der Waals surface area contributed by atoms with Crippen LogP contribution in [0.4, 0.5) is 0 Å². The quantitative estimate of drug-likeness (QED) is 0.396. The summed E-state index contributed by atoms with van der Waals surface area (Å²) in [6.45, 7) is 1.53. The molecule has 0 aliphatic carbocycles. The fourth-order valence-electron chi connectivity index (χ4n) is 2.85. The zero-order valence-corrected chi connectivity index (χ0v) is 15.6. The van der Waals surface area contributed by atoms with Crippen molar-refractivity contribution in [3.63, 3.8) is 0 Å². The second-order valence-corrected chi connectivity index (χ2v) is 6.49. The van der Waals surface area contributed by atoms with Gasteiger partial charge in [-0.15, -0.1) is 0 Å². The van der Waals surface area contributed by atoms with Crippen LogP contribution in [0.2, 0.25) is 0 Å². The number of Topliss-reactive ketones (excluding diaryl/α,β-unsaturated/α-hetero) is 1. The number of aliphatic hydroxyl groups excluding tert-OH is 5. The molecule has 4 atom stereocenters. The predicted octanol–water partition coefficient (Wildman–Crippen LogP) is 0.354. The number of hydrogen-bond acceptors (Lipinski definition) is 7. The van der Waals surface area contributed by atoms with E-state index in [0.717, 1.165) is 16.9 Å². The van der Waals surface area contributed by atoms with Gasteiger partial charge in [-0.25, -0.2) is 0 Å². The van der Waals surface area contributed by atoms with Gasteiger partial charge >= 0.3 is 0 Å². The third-order valence-electron chi connectivity index (χ3n) is 4.42. The van der Waals surface area contributed by atoms with Crippen LogP contribution >= 0.6 is 0 Å². The van der Waals surface area contributed by atoms with Gasteiger partial charge in [-0.1, -0.05) is 36.4 Å². The molecular weight excluding hydrogens is 364 g/mol. The first kappa shape index (κ1) is 22.0. The first-order valence-corrected chi connectivity index (χ1v) is 9.03. The maximum atomic E-state index is 11.3. The number of ketones is 1. The third-order valence-corrected chi connectivity index (χ3v) is 4.42. The molecule has 5 N–H and O–H groups in total. The summed E-state index contributed by atoms with van der Waals surface area (Å²) in [7, 11) is 0. The Morgan fingerprint density at radius 3 is 2.25 bits per heavy atom. The summed E-state index contributed by atoms with van der Waals surface area (Å²) in [5.74, 6) is -0.258. The minimum absolute atomic E-state index is 0.332. The summed E-state index contributed by atoms with van der Waals surface area (Å²) in [6, 6.07) is 14.4. The third kappa shape index (κ3) is 5.60. The zero-order chi connectivity index (χ0) is 20.7. The molecule has 152 valence electrons. The molecule has 0 aliphatic rings. The summed E-state index contributed by atoms with van der Waals surface area (Å²) >= 11 is 0. The van der Waals surface area contributed by atoms with Crippen LogP contribution in [0.25, 0.3) is 0 Å². The van der Waals surface area contributed by atoms with E-state index >= 15 is 0 Å². The Kier molecular flexibility index (Phi) is 8.10. The molecule has 0 aliphatic heterocycles. The molecule has 4 unspecified atom stereocenters. The zero-order valence-electron chi connectivity index (χ0n) is 15.6. The maximum absolute atomic E-state index is 11.3. The summed E-state index contributed by atoms with van der Waals surface area (Å²) in [4.78, 5) is 11.3. The largest absolute Gasteiger partial charge is 0.494 e. The average Bonchev–Trinajstić information content (AvgIpc) is 2.72. The van der Waals surface area contributed by atoms with Crippen molar-refractivity contribution in [2.75, 3.05) is 13.2 Å². The first-order valence-electron chi connectivity index (χ1n) is 9.03. The van der Waals surface area contributed by atoms with Crippen LogP contribution in [0, 0.1) is 0 Å². The van der Waals surface area contributed by atoms with E-state index in [2.05, 4.69) is 0 Å². The molecule has 0 heterocycles. The Morgan fingerprint density at radius 1 is 0.964 bits per heavy atom. The van der Waals surface area contributed by atoms with Gasteiger partial charge in [0.1, 0.15) is 36.8 Å². The lowest BCUT2D eigenvalue weighted by Gasteiger charge is -2.26. The Bertz CT molecular complexity index is 760. The van der Waals surface area contributed by atoms with Gasteiger partial charge in [0.15, 0.2) is 5.78 Å². The minimum Gasteiger partial charge on any atom is -0.494 e. The summed E-state index contributed by atoms with van der Waals surface area (Å²) in [6.07, 6.45) is -6.65. The summed E-state index contributed by atoms with van der Waals surface area (Å²) in [5, 5.41) is 48.7. The van der Waals surface area contributed by atoms with E-state index in [-0.39, 0.29) is 0 Å². The van der Waals surface area contributed by atoms with E-state index in [0.29, 0.717) is 18.6 Å². The number of aliphatic hydroxyl groups is 5. The standard InChI is InChI=1S/C21H26O7/c1-2-28-16-8-6-13(7-9-16)10-14-4-3-5-15(11-14)18(24)20(26)21(27)19(25)17(23)12-22/h3-9,11,18-22,24-27H,2,10,12H2,1H3. The highest BCUT2D eigenvalue weighted by Gasteiger charge is 2.34. The normalized spacial score (nSPS) is 15.5. The van der Waals surface area contributed by atoms with Gasteiger partial charge in [-0.2, -0.15) is 0 Å². The van der Waals surface area contributed by atoms with Crippen LogP contribution < -0.4 is 4.74 Å². The maximum Gasteiger partial charge on any atom is 0.189 e. The van der Waals surface area contributed by atoms with Crippen LogP contribution in [-0.2, 0) is 11.2 Å². The van der Waals surface area contributed by atoms with Gasteiger partial charge < -0.3 is 30.3 Å². The van der Waals surface area contributed by atoms with Crippen molar-refractivity contribution < 1.29 is 35.1 Å². The van der Waals surface area contributed by atoms with Crippen molar-refractivity contribution in [3.05, 3.63) is 65.2 Å². The van der Waals surface area contributed by atoms with Gasteiger partial charge in [0, 0.05) is 0 Å². The topological polar surface area (TPSA) is 127 Å². The number of carbonyl (C=O) groups excluding carboxylic acids is 1. The number of hydrogen-bond donors (Lipinski definition) is 5. The molecule has 0 saturated heterocycles. The predicted molar refractivity (Wildman–Crippen MR) is 102 cm³/mol. The molecule has 0 amide bonds. The van der Waals surface area contributed by atoms with Crippen molar-refractivity contribution in [2.45, 2.75) is 37.8 Å². The molecule has 2 aromatic rings. The lowest BCUT2D eigenvalue weighted by atomic mass is 9.94. The van der Waals surface area contributed by atoms with E-state index in [4.69, 9.17) is 9.84 Å². The molecular formula is C21H26O7. The fraction of sp³-hybridized carbons (Fsp3) is 0.381. The number of benzene rings is 2. The molecule has 0 fully saturated rings. The van der Waals surface area contributed by atoms with Crippen LogP contribution in [0.5, 0.6) is 5.75 Å². The highest BCUT2D eigenvalue weighted by atomic mass is 16.5. The molecule has 0 aromatic heterocycles. The average molecular weight is 390 g/mol. The van der Waals surface area contributed by atoms with E-state index in [9.17, 15) is 25.2 Å². The second-order valence-electron chi connectivity index (χ2n) is 6.49. The van der Waals surface area contributed by atoms with Crippen molar-refractivity contribution in [3.8, 4) is 5.75 Å². The molecule has 0 spiro atoms. The SMILES string of the molecule is CCOc1ccc(Cc2cccc(C(O)C(O)C(O)C(O)C(=O)CO)c2)cc1. The molecule has 2 rings (SSSR count). The Hall–Kier alpha value is -2.29. The van der Waals surface area contributed by atoms with E-state index in [1.165, 1.54) is 0 Å². The molecule has 0 saturated carbocycles. The van der Waals surface area contributed by atoms with Gasteiger partial charge in [0.25, 0.3) is 0 Å². The Morgan fingerprint density at radius 2 is 1.64 bits per heavy atom. The van der Waals surface area contributed by atoms with Crippen molar-refractivity contribution >= 4 is 5.78 Å². The van der Waals surface area contributed by atoms with Crippen molar-refractivity contribution in [1.82, 2.24) is 0 Å². The van der Waals surface area contributed by atoms with Crippen LogP contribution in [0.3, 0.4) is 0 Å². The smallest absolute Gasteiger partial charge is 0.189 e. The molecule has 7 nitrogen and oxygen atoms in total. The van der Waals surface area contributed by atoms with E-state index in [1.807, 2.05) is 37.3 Å². The molecule has 28 heavy (non-hydrogen) atoms. The van der Waals surface area contributed by atoms with Gasteiger partial charge in [0.05, 0.1) is 6.61 Å². The fourth-order valence-corrected chi connectivity index (χ4v) is 2.85. The monoisotopic (exact) mass is 390 g/mol.